The molecule has 0 bridgehead atoms. The van der Waals surface area contributed by atoms with Gasteiger partial charge >= 0.3 is 5.69 Å². The molecule has 106 valence electrons. The second-order valence-electron chi connectivity index (χ2n) is 3.97. The molecule has 0 aromatic carbocycles. The third-order valence-corrected chi connectivity index (χ3v) is 2.80. The van der Waals surface area contributed by atoms with E-state index < -0.39 is 48.5 Å². The van der Waals surface area contributed by atoms with E-state index in [1.165, 1.54) is 5.48 Å². The topological polar surface area (TPSA) is 137 Å². The standard InChI is InChI=1S/C9H12FN3O6/c10-3-1-13(9(17)11-7(3)12-18)8-6(16)5(15)4(2-14)19-8/h1,4-6,8,14-16,18H,2H2,(H,11,12,17)/t4-,5+,6+,8-/m1/s1. The Balaban J connectivity index is 2.38. The molecule has 10 heteroatoms. The average molecular weight is 277 g/mol. The highest BCUT2D eigenvalue weighted by Gasteiger charge is 2.44. The predicted molar refractivity (Wildman–Crippen MR) is 56.9 cm³/mol. The Kier molecular flexibility index (Phi) is 3.78. The minimum atomic E-state index is -1.52. The molecule has 0 aliphatic carbocycles. The van der Waals surface area contributed by atoms with E-state index >= 15 is 0 Å². The van der Waals surface area contributed by atoms with E-state index in [4.69, 9.17) is 15.1 Å². The van der Waals surface area contributed by atoms with Gasteiger partial charge in [0, 0.05) is 0 Å². The zero-order chi connectivity index (χ0) is 14.2. The number of hydrogen-bond donors (Lipinski definition) is 5. The molecule has 5 N–H and O–H groups in total. The van der Waals surface area contributed by atoms with Crippen molar-refractivity contribution in [2.75, 3.05) is 12.1 Å². The Bertz CT molecular complexity index is 523. The first-order chi connectivity index (χ1) is 8.99. The number of aliphatic hydroxyl groups excluding tert-OH is 3. The second-order valence-corrected chi connectivity index (χ2v) is 3.97. The van der Waals surface area contributed by atoms with E-state index in [2.05, 4.69) is 4.98 Å². The number of aromatic nitrogens is 2. The highest BCUT2D eigenvalue weighted by atomic mass is 19.1. The van der Waals surface area contributed by atoms with Crippen molar-refractivity contribution in [3.8, 4) is 0 Å². The summed E-state index contributed by atoms with van der Waals surface area (Å²) in [4.78, 5) is 14.8. The molecule has 0 radical (unpaired) electrons. The van der Waals surface area contributed by atoms with Crippen LogP contribution in [0.25, 0.3) is 0 Å². The maximum atomic E-state index is 13.4. The number of halogens is 1. The van der Waals surface area contributed by atoms with E-state index in [1.54, 1.807) is 0 Å². The lowest BCUT2D eigenvalue weighted by molar-refractivity contribution is -0.0553. The molecule has 0 saturated carbocycles. The van der Waals surface area contributed by atoms with Gasteiger partial charge in [-0.2, -0.15) is 4.98 Å². The molecule has 0 unspecified atom stereocenters. The van der Waals surface area contributed by atoms with Gasteiger partial charge in [0.1, 0.15) is 18.3 Å². The minimum Gasteiger partial charge on any atom is -0.394 e. The Morgan fingerprint density at radius 1 is 1.47 bits per heavy atom. The molecule has 1 saturated heterocycles. The molecule has 0 amide bonds. The number of aliphatic hydroxyl groups is 3. The monoisotopic (exact) mass is 277 g/mol. The Morgan fingerprint density at radius 2 is 2.16 bits per heavy atom. The molecule has 9 nitrogen and oxygen atoms in total. The van der Waals surface area contributed by atoms with Crippen molar-refractivity contribution in [3.05, 3.63) is 22.5 Å². The van der Waals surface area contributed by atoms with Gasteiger partial charge in [0.15, 0.2) is 17.9 Å². The molecule has 4 atom stereocenters. The second kappa shape index (κ2) is 5.19. The zero-order valence-electron chi connectivity index (χ0n) is 9.47. The summed E-state index contributed by atoms with van der Waals surface area (Å²) in [5.41, 5.74) is 0.395. The summed E-state index contributed by atoms with van der Waals surface area (Å²) in [6, 6.07) is 0. The zero-order valence-corrected chi connectivity index (χ0v) is 9.47. The maximum Gasteiger partial charge on any atom is 0.351 e. The smallest absolute Gasteiger partial charge is 0.351 e. The predicted octanol–water partition coefficient (Wildman–Crippen LogP) is -2.20. The van der Waals surface area contributed by atoms with Crippen molar-refractivity contribution in [1.29, 1.82) is 0 Å². The average Bonchev–Trinajstić information content (AvgIpc) is 2.68. The fourth-order valence-electron chi connectivity index (χ4n) is 1.82. The first-order valence-corrected chi connectivity index (χ1v) is 5.30. The summed E-state index contributed by atoms with van der Waals surface area (Å²) in [5, 5.41) is 36.7. The largest absolute Gasteiger partial charge is 0.394 e. The number of anilines is 1. The SMILES string of the molecule is O=c1nc(NO)c(F)cn1[C@@H]1O[C@H](CO)[C@H](O)[C@@H]1O. The fourth-order valence-corrected chi connectivity index (χ4v) is 1.82. The van der Waals surface area contributed by atoms with Crippen molar-refractivity contribution in [2.24, 2.45) is 0 Å². The number of hydrogen-bond acceptors (Lipinski definition) is 8. The molecular weight excluding hydrogens is 265 g/mol. The minimum absolute atomic E-state index is 0.574. The molecule has 1 aliphatic rings. The molecule has 2 heterocycles. The van der Waals surface area contributed by atoms with Crippen LogP contribution in [0.1, 0.15) is 6.23 Å². The van der Waals surface area contributed by atoms with Gasteiger partial charge in [-0.25, -0.2) is 14.7 Å². The van der Waals surface area contributed by atoms with Crippen LogP contribution in [-0.4, -0.2) is 55.0 Å². The van der Waals surface area contributed by atoms with Crippen LogP contribution in [0.3, 0.4) is 0 Å². The lowest BCUT2D eigenvalue weighted by Gasteiger charge is -2.17. The van der Waals surface area contributed by atoms with Crippen molar-refractivity contribution < 1.29 is 29.7 Å². The van der Waals surface area contributed by atoms with E-state index in [1.807, 2.05) is 0 Å². The lowest BCUT2D eigenvalue weighted by Crippen LogP contribution is -2.36. The molecule has 2 rings (SSSR count). The van der Waals surface area contributed by atoms with Crippen molar-refractivity contribution in [2.45, 2.75) is 24.5 Å². The first-order valence-electron chi connectivity index (χ1n) is 5.30. The molecule has 1 fully saturated rings. The molecule has 1 aromatic heterocycles. The third kappa shape index (κ3) is 2.31. The van der Waals surface area contributed by atoms with Gasteiger partial charge in [0.25, 0.3) is 0 Å². The normalized spacial score (nSPS) is 30.6. The summed E-state index contributed by atoms with van der Waals surface area (Å²) in [6.07, 6.45) is -4.75. The van der Waals surface area contributed by atoms with Crippen LogP contribution in [-0.2, 0) is 4.74 Å². The van der Waals surface area contributed by atoms with E-state index in [0.717, 1.165) is 0 Å². The highest BCUT2D eigenvalue weighted by Crippen LogP contribution is 2.28. The van der Waals surface area contributed by atoms with Gasteiger partial charge < -0.3 is 20.1 Å². The van der Waals surface area contributed by atoms with Crippen LogP contribution in [0.15, 0.2) is 11.0 Å². The van der Waals surface area contributed by atoms with Crippen LogP contribution in [0.4, 0.5) is 10.2 Å². The van der Waals surface area contributed by atoms with Crippen molar-refractivity contribution in [1.82, 2.24) is 9.55 Å². The van der Waals surface area contributed by atoms with Gasteiger partial charge in [-0.05, 0) is 0 Å². The van der Waals surface area contributed by atoms with Gasteiger partial charge in [-0.3, -0.25) is 9.77 Å². The lowest BCUT2D eigenvalue weighted by atomic mass is 10.1. The summed E-state index contributed by atoms with van der Waals surface area (Å²) >= 11 is 0. The van der Waals surface area contributed by atoms with Gasteiger partial charge in [-0.15, -0.1) is 0 Å². The fraction of sp³-hybridized carbons (Fsp3) is 0.556. The Morgan fingerprint density at radius 3 is 2.68 bits per heavy atom. The maximum absolute atomic E-state index is 13.4. The van der Waals surface area contributed by atoms with Crippen LogP contribution in [0.5, 0.6) is 0 Å². The Labute approximate surface area is 105 Å². The highest BCUT2D eigenvalue weighted by molar-refractivity contribution is 5.30. The third-order valence-electron chi connectivity index (χ3n) is 2.80. The van der Waals surface area contributed by atoms with Gasteiger partial charge in [0.05, 0.1) is 12.8 Å². The molecule has 0 spiro atoms. The van der Waals surface area contributed by atoms with Crippen molar-refractivity contribution in [3.63, 3.8) is 0 Å². The van der Waals surface area contributed by atoms with E-state index in [-0.39, 0.29) is 0 Å². The summed E-state index contributed by atoms with van der Waals surface area (Å²) in [7, 11) is 0. The van der Waals surface area contributed by atoms with Crippen LogP contribution >= 0.6 is 0 Å². The number of nitrogens with zero attached hydrogens (tertiary/aromatic N) is 2. The summed E-state index contributed by atoms with van der Waals surface area (Å²) < 4.78 is 19.1. The van der Waals surface area contributed by atoms with Crippen LogP contribution < -0.4 is 11.2 Å². The van der Waals surface area contributed by atoms with Gasteiger partial charge in [0.2, 0.25) is 0 Å². The summed E-state index contributed by atoms with van der Waals surface area (Å²) in [5.74, 6) is -1.73. The van der Waals surface area contributed by atoms with Crippen LogP contribution in [0, 0.1) is 5.82 Å². The van der Waals surface area contributed by atoms with Gasteiger partial charge in [-0.1, -0.05) is 0 Å². The molecule has 1 aliphatic heterocycles. The molecule has 1 aromatic rings. The Hall–Kier alpha value is -1.59. The first kappa shape index (κ1) is 13.8. The number of nitrogens with one attached hydrogen (secondary N) is 1. The van der Waals surface area contributed by atoms with Crippen LogP contribution in [0.2, 0.25) is 0 Å². The number of ether oxygens (including phenoxy) is 1. The van der Waals surface area contributed by atoms with E-state index in [9.17, 15) is 19.4 Å². The molecular formula is C9H12FN3O6. The quantitative estimate of drug-likeness (QED) is 0.392. The number of rotatable bonds is 3. The van der Waals surface area contributed by atoms with Crippen molar-refractivity contribution >= 4 is 5.82 Å². The van der Waals surface area contributed by atoms with E-state index in [0.29, 0.717) is 10.8 Å². The molecule has 19 heavy (non-hydrogen) atoms. The summed E-state index contributed by atoms with van der Waals surface area (Å²) in [6.45, 7) is -0.574.